The fraction of sp³-hybridized carbons (Fsp3) is 0.611. The number of rotatable bonds is 11. The number of hydrogen-bond donors (Lipinski definition) is 1. The quantitative estimate of drug-likeness (QED) is 0.459. The lowest BCUT2D eigenvalue weighted by molar-refractivity contribution is 0.0602. The highest BCUT2D eigenvalue weighted by molar-refractivity contribution is 5.95. The van der Waals surface area contributed by atoms with Gasteiger partial charge in [-0.2, -0.15) is 0 Å². The Morgan fingerprint density at radius 3 is 2.29 bits per heavy atom. The minimum atomic E-state index is -0.283. The summed E-state index contributed by atoms with van der Waals surface area (Å²) in [6, 6.07) is 7.51. The zero-order valence-corrected chi connectivity index (χ0v) is 13.5. The van der Waals surface area contributed by atoms with E-state index in [1.165, 1.54) is 52.1 Å². The molecule has 0 amide bonds. The van der Waals surface area contributed by atoms with E-state index in [2.05, 4.69) is 12.2 Å². The van der Waals surface area contributed by atoms with Crippen LogP contribution >= 0.6 is 0 Å². The Kier molecular flexibility index (Phi) is 9.34. The van der Waals surface area contributed by atoms with Gasteiger partial charge < -0.3 is 10.1 Å². The first kappa shape index (κ1) is 17.5. The monoisotopic (exact) mass is 291 g/mol. The molecule has 1 aromatic rings. The molecule has 0 heterocycles. The van der Waals surface area contributed by atoms with Crippen LogP contribution in [0.3, 0.4) is 0 Å². The molecule has 0 bridgehead atoms. The second-order valence-electron chi connectivity index (χ2n) is 5.44. The van der Waals surface area contributed by atoms with Gasteiger partial charge in [-0.3, -0.25) is 0 Å². The average Bonchev–Trinajstić information content (AvgIpc) is 2.53. The van der Waals surface area contributed by atoms with E-state index >= 15 is 0 Å². The Morgan fingerprint density at radius 1 is 1.00 bits per heavy atom. The Bertz CT molecular complexity index is 404. The molecule has 118 valence electrons. The van der Waals surface area contributed by atoms with Crippen molar-refractivity contribution in [2.75, 3.05) is 19.0 Å². The molecule has 0 spiro atoms. The second-order valence-corrected chi connectivity index (χ2v) is 5.44. The fourth-order valence-corrected chi connectivity index (χ4v) is 2.41. The van der Waals surface area contributed by atoms with Crippen molar-refractivity contribution in [2.45, 2.75) is 58.3 Å². The lowest BCUT2D eigenvalue weighted by Gasteiger charge is -2.10. The van der Waals surface area contributed by atoms with E-state index in [-0.39, 0.29) is 5.97 Å². The molecule has 1 aromatic carbocycles. The molecular formula is C18H29NO2. The van der Waals surface area contributed by atoms with Crippen molar-refractivity contribution >= 4 is 11.7 Å². The van der Waals surface area contributed by atoms with E-state index in [1.807, 2.05) is 18.2 Å². The Morgan fingerprint density at radius 2 is 1.62 bits per heavy atom. The summed E-state index contributed by atoms with van der Waals surface area (Å²) in [5.74, 6) is -0.283. The number of para-hydroxylation sites is 1. The van der Waals surface area contributed by atoms with E-state index < -0.39 is 0 Å². The SMILES string of the molecule is CCCCCCCCCCNc1ccccc1C(=O)OC. The second kappa shape index (κ2) is 11.2. The number of anilines is 1. The van der Waals surface area contributed by atoms with Crippen LogP contribution in [0.4, 0.5) is 5.69 Å². The molecule has 0 aromatic heterocycles. The summed E-state index contributed by atoms with van der Waals surface area (Å²) in [4.78, 5) is 11.6. The summed E-state index contributed by atoms with van der Waals surface area (Å²) >= 11 is 0. The predicted molar refractivity (Wildman–Crippen MR) is 88.9 cm³/mol. The van der Waals surface area contributed by atoms with Gasteiger partial charge in [-0.25, -0.2) is 4.79 Å². The predicted octanol–water partition coefficient (Wildman–Crippen LogP) is 5.03. The highest BCUT2D eigenvalue weighted by Gasteiger charge is 2.09. The minimum Gasteiger partial charge on any atom is -0.465 e. The Labute approximate surface area is 129 Å². The van der Waals surface area contributed by atoms with Crippen LogP contribution < -0.4 is 5.32 Å². The van der Waals surface area contributed by atoms with Gasteiger partial charge in [0, 0.05) is 12.2 Å². The lowest BCUT2D eigenvalue weighted by Crippen LogP contribution is -2.09. The van der Waals surface area contributed by atoms with E-state index in [1.54, 1.807) is 6.07 Å². The third-order valence-corrected chi connectivity index (χ3v) is 3.68. The molecule has 0 aliphatic heterocycles. The van der Waals surface area contributed by atoms with Gasteiger partial charge in [0.25, 0.3) is 0 Å². The number of benzene rings is 1. The van der Waals surface area contributed by atoms with Gasteiger partial charge in [0.15, 0.2) is 0 Å². The number of carbonyl (C=O) groups excluding carboxylic acids is 1. The summed E-state index contributed by atoms with van der Waals surface area (Å²) in [5, 5.41) is 3.34. The normalized spacial score (nSPS) is 10.4. The molecule has 0 saturated carbocycles. The summed E-state index contributed by atoms with van der Waals surface area (Å²) in [5.41, 5.74) is 1.48. The average molecular weight is 291 g/mol. The van der Waals surface area contributed by atoms with Crippen LogP contribution in [-0.4, -0.2) is 19.6 Å². The van der Waals surface area contributed by atoms with Gasteiger partial charge in [0.1, 0.15) is 0 Å². The highest BCUT2D eigenvalue weighted by Crippen LogP contribution is 2.16. The minimum absolute atomic E-state index is 0.283. The first-order chi connectivity index (χ1) is 10.3. The number of nitrogens with one attached hydrogen (secondary N) is 1. The summed E-state index contributed by atoms with van der Waals surface area (Å²) in [6.07, 6.45) is 10.5. The first-order valence-electron chi connectivity index (χ1n) is 8.20. The van der Waals surface area contributed by atoms with Crippen molar-refractivity contribution < 1.29 is 9.53 Å². The number of methoxy groups -OCH3 is 1. The standard InChI is InChI=1S/C18H29NO2/c1-3-4-5-6-7-8-9-12-15-19-17-14-11-10-13-16(17)18(20)21-2/h10-11,13-14,19H,3-9,12,15H2,1-2H3. The molecule has 1 N–H and O–H groups in total. The molecule has 3 heteroatoms. The van der Waals surface area contributed by atoms with Gasteiger partial charge in [-0.15, -0.1) is 0 Å². The van der Waals surface area contributed by atoms with Crippen LogP contribution in [0.1, 0.15) is 68.6 Å². The Balaban J connectivity index is 2.17. The van der Waals surface area contributed by atoms with Crippen molar-refractivity contribution in [2.24, 2.45) is 0 Å². The van der Waals surface area contributed by atoms with Crippen molar-refractivity contribution in [1.82, 2.24) is 0 Å². The summed E-state index contributed by atoms with van der Waals surface area (Å²) in [7, 11) is 1.41. The maximum absolute atomic E-state index is 11.6. The smallest absolute Gasteiger partial charge is 0.339 e. The third kappa shape index (κ3) is 7.16. The molecule has 0 radical (unpaired) electrons. The maximum atomic E-state index is 11.6. The molecule has 0 unspecified atom stereocenters. The van der Waals surface area contributed by atoms with E-state index in [0.717, 1.165) is 18.7 Å². The maximum Gasteiger partial charge on any atom is 0.339 e. The molecule has 3 nitrogen and oxygen atoms in total. The van der Waals surface area contributed by atoms with Gasteiger partial charge in [-0.1, -0.05) is 64.0 Å². The van der Waals surface area contributed by atoms with Crippen molar-refractivity contribution in [3.63, 3.8) is 0 Å². The molecule has 0 atom stereocenters. The van der Waals surface area contributed by atoms with Gasteiger partial charge in [0.2, 0.25) is 0 Å². The molecule has 1 rings (SSSR count). The van der Waals surface area contributed by atoms with Crippen LogP contribution in [0.2, 0.25) is 0 Å². The van der Waals surface area contributed by atoms with Crippen molar-refractivity contribution in [3.05, 3.63) is 29.8 Å². The zero-order valence-electron chi connectivity index (χ0n) is 13.5. The Hall–Kier alpha value is -1.51. The number of ether oxygens (including phenoxy) is 1. The van der Waals surface area contributed by atoms with Crippen LogP contribution in [0, 0.1) is 0 Å². The summed E-state index contributed by atoms with van der Waals surface area (Å²) in [6.45, 7) is 3.15. The van der Waals surface area contributed by atoms with E-state index in [4.69, 9.17) is 4.74 Å². The molecule has 21 heavy (non-hydrogen) atoms. The van der Waals surface area contributed by atoms with Gasteiger partial charge in [0.05, 0.1) is 12.7 Å². The number of esters is 1. The van der Waals surface area contributed by atoms with Crippen LogP contribution in [0.25, 0.3) is 0 Å². The van der Waals surface area contributed by atoms with Crippen LogP contribution in [-0.2, 0) is 4.74 Å². The van der Waals surface area contributed by atoms with Crippen LogP contribution in [0.15, 0.2) is 24.3 Å². The molecule has 0 fully saturated rings. The highest BCUT2D eigenvalue weighted by atomic mass is 16.5. The molecule has 0 saturated heterocycles. The van der Waals surface area contributed by atoms with Gasteiger partial charge >= 0.3 is 5.97 Å². The zero-order chi connectivity index (χ0) is 15.3. The number of hydrogen-bond acceptors (Lipinski definition) is 3. The van der Waals surface area contributed by atoms with E-state index in [0.29, 0.717) is 5.56 Å². The molecule has 0 aliphatic carbocycles. The van der Waals surface area contributed by atoms with Crippen molar-refractivity contribution in [1.29, 1.82) is 0 Å². The fourth-order valence-electron chi connectivity index (χ4n) is 2.41. The number of carbonyl (C=O) groups is 1. The van der Waals surface area contributed by atoms with Crippen molar-refractivity contribution in [3.8, 4) is 0 Å². The summed E-state index contributed by atoms with van der Waals surface area (Å²) < 4.78 is 4.79. The largest absolute Gasteiger partial charge is 0.465 e. The topological polar surface area (TPSA) is 38.3 Å². The first-order valence-corrected chi connectivity index (χ1v) is 8.20. The van der Waals surface area contributed by atoms with E-state index in [9.17, 15) is 4.79 Å². The van der Waals surface area contributed by atoms with Gasteiger partial charge in [-0.05, 0) is 18.6 Å². The molecule has 0 aliphatic rings. The lowest BCUT2D eigenvalue weighted by atomic mass is 10.1. The third-order valence-electron chi connectivity index (χ3n) is 3.68. The molecular weight excluding hydrogens is 262 g/mol. The van der Waals surface area contributed by atoms with Crippen LogP contribution in [0.5, 0.6) is 0 Å². The number of unbranched alkanes of at least 4 members (excludes halogenated alkanes) is 7.